The van der Waals surface area contributed by atoms with E-state index in [4.69, 9.17) is 0 Å². The fourth-order valence-electron chi connectivity index (χ4n) is 2.64. The van der Waals surface area contributed by atoms with E-state index in [9.17, 15) is 13.2 Å². The molecule has 3 aromatic carbocycles. The highest BCUT2D eigenvalue weighted by atomic mass is 32.2. The van der Waals surface area contributed by atoms with Crippen molar-refractivity contribution in [2.24, 2.45) is 0 Å². The van der Waals surface area contributed by atoms with Crippen LogP contribution in [0.3, 0.4) is 0 Å². The largest absolute Gasteiger partial charge is 0.273 e. The molecule has 0 aromatic heterocycles. The minimum Gasteiger partial charge on any atom is -0.273 e. The third-order valence-electron chi connectivity index (χ3n) is 4.20. The summed E-state index contributed by atoms with van der Waals surface area (Å²) in [5.74, 6) is -0.462. The predicted molar refractivity (Wildman–Crippen MR) is 98.8 cm³/mol. The van der Waals surface area contributed by atoms with Crippen molar-refractivity contribution in [3.8, 4) is 0 Å². The normalized spacial score (nSPS) is 11.4. The number of carbonyl (C=O) groups is 1. The summed E-state index contributed by atoms with van der Waals surface area (Å²) in [5.41, 5.74) is 1.75. The van der Waals surface area contributed by atoms with E-state index < -0.39 is 15.9 Å². The maximum absolute atomic E-state index is 12.6. The van der Waals surface area contributed by atoms with Gasteiger partial charge in [0, 0.05) is 7.05 Å². The first-order chi connectivity index (χ1) is 11.9. The smallest absolute Gasteiger partial charge is 0.266 e. The molecular weight excluding hydrogens is 334 g/mol. The van der Waals surface area contributed by atoms with Gasteiger partial charge in [-0.1, -0.05) is 60.2 Å². The van der Waals surface area contributed by atoms with E-state index in [1.54, 1.807) is 12.1 Å². The van der Waals surface area contributed by atoms with Crippen molar-refractivity contribution in [1.29, 1.82) is 0 Å². The van der Waals surface area contributed by atoms with Crippen LogP contribution in [0.2, 0.25) is 0 Å². The molecule has 0 unspecified atom stereocenters. The van der Waals surface area contributed by atoms with Crippen molar-refractivity contribution in [2.45, 2.75) is 18.2 Å². The number of benzene rings is 3. The molecule has 128 valence electrons. The minimum atomic E-state index is -3.83. The summed E-state index contributed by atoms with van der Waals surface area (Å²) in [7, 11) is -2.53. The molecule has 0 spiro atoms. The quantitative estimate of drug-likeness (QED) is 0.721. The molecule has 0 aliphatic rings. The Labute approximate surface area is 147 Å². The Hall–Kier alpha value is -2.66. The van der Waals surface area contributed by atoms with E-state index in [0.29, 0.717) is 0 Å². The van der Waals surface area contributed by atoms with Gasteiger partial charge in [-0.15, -0.1) is 0 Å². The average Bonchev–Trinajstić information content (AvgIpc) is 2.61. The summed E-state index contributed by atoms with van der Waals surface area (Å²) in [4.78, 5) is 12.6. The number of likely N-dealkylation sites (N-methyl/N-ethyl adjacent to an activating group) is 1. The molecule has 0 bridgehead atoms. The fraction of sp³-hybridized carbons (Fsp3) is 0.150. The SMILES string of the molecule is Cc1ccc(S(=O)(=O)N(C)C(=O)Cc2ccc3ccccc3c2)cc1. The fourth-order valence-corrected chi connectivity index (χ4v) is 3.77. The van der Waals surface area contributed by atoms with E-state index in [2.05, 4.69) is 0 Å². The van der Waals surface area contributed by atoms with Crippen molar-refractivity contribution in [2.75, 3.05) is 7.05 Å². The third kappa shape index (κ3) is 3.56. The van der Waals surface area contributed by atoms with E-state index >= 15 is 0 Å². The summed E-state index contributed by atoms with van der Waals surface area (Å²) in [5, 5.41) is 2.11. The molecule has 0 heterocycles. The second-order valence-corrected chi connectivity index (χ2v) is 8.01. The Kier molecular flexibility index (Phi) is 4.59. The van der Waals surface area contributed by atoms with Gasteiger partial charge in [-0.05, 0) is 35.4 Å². The summed E-state index contributed by atoms with van der Waals surface area (Å²) < 4.78 is 26.0. The zero-order valence-electron chi connectivity index (χ0n) is 14.1. The third-order valence-corrected chi connectivity index (χ3v) is 5.99. The zero-order chi connectivity index (χ0) is 18.0. The molecule has 0 radical (unpaired) electrons. The molecule has 0 fully saturated rings. The Morgan fingerprint density at radius 1 is 0.920 bits per heavy atom. The second-order valence-electron chi connectivity index (χ2n) is 6.04. The van der Waals surface area contributed by atoms with Gasteiger partial charge in [0.25, 0.3) is 10.0 Å². The van der Waals surface area contributed by atoms with Crippen molar-refractivity contribution >= 4 is 26.7 Å². The first-order valence-electron chi connectivity index (χ1n) is 7.94. The van der Waals surface area contributed by atoms with Gasteiger partial charge in [0.15, 0.2) is 0 Å². The van der Waals surface area contributed by atoms with Crippen LogP contribution < -0.4 is 0 Å². The van der Waals surface area contributed by atoms with Crippen LogP contribution >= 0.6 is 0 Å². The Morgan fingerprint density at radius 3 is 2.24 bits per heavy atom. The van der Waals surface area contributed by atoms with Gasteiger partial charge in [0.05, 0.1) is 11.3 Å². The lowest BCUT2D eigenvalue weighted by atomic mass is 10.1. The van der Waals surface area contributed by atoms with Crippen molar-refractivity contribution in [1.82, 2.24) is 4.31 Å². The molecule has 5 heteroatoms. The van der Waals surface area contributed by atoms with Gasteiger partial charge >= 0.3 is 0 Å². The molecule has 3 aromatic rings. The number of sulfonamides is 1. The molecule has 1 amide bonds. The van der Waals surface area contributed by atoms with E-state index in [-0.39, 0.29) is 11.3 Å². The molecule has 4 nitrogen and oxygen atoms in total. The monoisotopic (exact) mass is 353 g/mol. The summed E-state index contributed by atoms with van der Waals surface area (Å²) in [6.45, 7) is 1.88. The topological polar surface area (TPSA) is 54.5 Å². The van der Waals surface area contributed by atoms with Crippen LogP contribution in [-0.4, -0.2) is 25.7 Å². The predicted octanol–water partition coefficient (Wildman–Crippen LogP) is 3.54. The Balaban J connectivity index is 1.82. The molecule has 0 saturated heterocycles. The maximum atomic E-state index is 12.6. The summed E-state index contributed by atoms with van der Waals surface area (Å²) in [6, 6.07) is 20.0. The Morgan fingerprint density at radius 2 is 1.56 bits per heavy atom. The maximum Gasteiger partial charge on any atom is 0.266 e. The lowest BCUT2D eigenvalue weighted by molar-refractivity contribution is -0.124. The highest BCUT2D eigenvalue weighted by Crippen LogP contribution is 2.19. The highest BCUT2D eigenvalue weighted by Gasteiger charge is 2.25. The lowest BCUT2D eigenvalue weighted by Crippen LogP contribution is -2.34. The van der Waals surface area contributed by atoms with Crippen LogP contribution in [0.15, 0.2) is 71.6 Å². The second kappa shape index (κ2) is 6.69. The van der Waals surface area contributed by atoms with Crippen LogP contribution in [0.1, 0.15) is 11.1 Å². The number of hydrogen-bond donors (Lipinski definition) is 0. The van der Waals surface area contributed by atoms with Crippen LogP contribution in [0.25, 0.3) is 10.8 Å². The molecule has 25 heavy (non-hydrogen) atoms. The van der Waals surface area contributed by atoms with Crippen molar-refractivity contribution in [3.63, 3.8) is 0 Å². The number of nitrogens with zero attached hydrogens (tertiary/aromatic N) is 1. The number of carbonyl (C=O) groups excluding carboxylic acids is 1. The number of rotatable bonds is 4. The van der Waals surface area contributed by atoms with Crippen molar-refractivity contribution in [3.05, 3.63) is 77.9 Å². The van der Waals surface area contributed by atoms with Gasteiger partial charge in [-0.3, -0.25) is 4.79 Å². The number of aryl methyl sites for hydroxylation is 1. The molecule has 0 saturated carbocycles. The van der Waals surface area contributed by atoms with Gasteiger partial charge < -0.3 is 0 Å². The average molecular weight is 353 g/mol. The van der Waals surface area contributed by atoms with Gasteiger partial charge in [0.2, 0.25) is 5.91 Å². The van der Waals surface area contributed by atoms with Crippen LogP contribution in [0, 0.1) is 6.92 Å². The molecular formula is C20H19NO3S. The molecule has 0 aliphatic carbocycles. The van der Waals surface area contributed by atoms with Crippen LogP contribution in [0.4, 0.5) is 0 Å². The molecule has 0 N–H and O–H groups in total. The van der Waals surface area contributed by atoms with Crippen LogP contribution in [0.5, 0.6) is 0 Å². The first-order valence-corrected chi connectivity index (χ1v) is 9.38. The van der Waals surface area contributed by atoms with E-state index in [1.165, 1.54) is 19.2 Å². The highest BCUT2D eigenvalue weighted by molar-refractivity contribution is 7.89. The van der Waals surface area contributed by atoms with E-state index in [1.807, 2.05) is 49.4 Å². The van der Waals surface area contributed by atoms with Crippen LogP contribution in [-0.2, 0) is 21.2 Å². The van der Waals surface area contributed by atoms with Crippen molar-refractivity contribution < 1.29 is 13.2 Å². The number of hydrogen-bond acceptors (Lipinski definition) is 3. The Bertz CT molecular complexity index is 1020. The minimum absolute atomic E-state index is 0.0342. The summed E-state index contributed by atoms with van der Waals surface area (Å²) in [6.07, 6.45) is 0.0342. The lowest BCUT2D eigenvalue weighted by Gasteiger charge is -2.18. The van der Waals surface area contributed by atoms with E-state index in [0.717, 1.165) is 26.2 Å². The standard InChI is InChI=1S/C20H19NO3S/c1-15-7-11-19(12-8-15)25(23,24)21(2)20(22)14-16-9-10-17-5-3-4-6-18(17)13-16/h3-13H,14H2,1-2H3. The molecule has 0 atom stereocenters. The van der Waals surface area contributed by atoms with Gasteiger partial charge in [-0.25, -0.2) is 12.7 Å². The number of fused-ring (bicyclic) bond motifs is 1. The van der Waals surface area contributed by atoms with Gasteiger partial charge in [0.1, 0.15) is 0 Å². The molecule has 3 rings (SSSR count). The number of amides is 1. The first kappa shape index (κ1) is 17.2. The molecule has 0 aliphatic heterocycles. The summed E-state index contributed by atoms with van der Waals surface area (Å²) >= 11 is 0. The van der Waals surface area contributed by atoms with Gasteiger partial charge in [-0.2, -0.15) is 0 Å². The zero-order valence-corrected chi connectivity index (χ0v) is 15.0.